The molecule has 2 aliphatic rings. The molecule has 2 amide bonds. The average Bonchev–Trinajstić information content (AvgIpc) is 3.34. The summed E-state index contributed by atoms with van der Waals surface area (Å²) in [6.45, 7) is 4.78. The number of methoxy groups -OCH3 is 2. The van der Waals surface area contributed by atoms with E-state index in [0.29, 0.717) is 52.1 Å². The van der Waals surface area contributed by atoms with Gasteiger partial charge in [0.1, 0.15) is 23.1 Å². The van der Waals surface area contributed by atoms with Crippen molar-refractivity contribution in [3.8, 4) is 17.2 Å². The van der Waals surface area contributed by atoms with Gasteiger partial charge in [0.15, 0.2) is 11.2 Å². The molecule has 1 heterocycles. The summed E-state index contributed by atoms with van der Waals surface area (Å²) >= 11 is 6.26. The molecule has 2 N–H and O–H groups in total. The van der Waals surface area contributed by atoms with E-state index in [1.54, 1.807) is 47.4 Å². The van der Waals surface area contributed by atoms with Crippen LogP contribution in [0.15, 0.2) is 60.7 Å². The fourth-order valence-electron chi connectivity index (χ4n) is 6.27. The van der Waals surface area contributed by atoms with E-state index in [0.717, 1.165) is 0 Å². The highest BCUT2D eigenvalue weighted by atomic mass is 35.5. The van der Waals surface area contributed by atoms with Gasteiger partial charge in [-0.25, -0.2) is 9.18 Å². The summed E-state index contributed by atoms with van der Waals surface area (Å²) in [5, 5.41) is 16.7. The van der Waals surface area contributed by atoms with Crippen LogP contribution in [0, 0.1) is 5.82 Å². The molecule has 0 bridgehead atoms. The molecule has 39 heavy (non-hydrogen) atoms. The topological polar surface area (TPSA) is 80.3 Å². The number of halogens is 2. The first kappa shape index (κ1) is 27.1. The molecule has 4 atom stereocenters. The van der Waals surface area contributed by atoms with Gasteiger partial charge in [0.25, 0.3) is 0 Å². The Morgan fingerprint density at radius 2 is 1.85 bits per heavy atom. The SMILES string of the molecule is CCN(CC)C(=O)N[C@H]1C[C@@H](c2cccc(F)c2)[C@]2(c3ccc(Cl)cc3)Oc3cc(OC)cc(OC)c3[C@]12O. The lowest BCUT2D eigenvalue weighted by molar-refractivity contribution is -0.116. The Kier molecular flexibility index (Phi) is 7.11. The van der Waals surface area contributed by atoms with Gasteiger partial charge >= 0.3 is 6.03 Å². The molecule has 0 aromatic heterocycles. The summed E-state index contributed by atoms with van der Waals surface area (Å²) in [6.07, 6.45) is 0.268. The zero-order chi connectivity index (χ0) is 27.9. The number of benzene rings is 3. The minimum absolute atomic E-state index is 0.268. The van der Waals surface area contributed by atoms with E-state index in [1.165, 1.54) is 26.4 Å². The molecule has 206 valence electrons. The molecule has 1 aliphatic heterocycles. The fourth-order valence-corrected chi connectivity index (χ4v) is 6.39. The van der Waals surface area contributed by atoms with Crippen LogP contribution in [0.25, 0.3) is 0 Å². The smallest absolute Gasteiger partial charge is 0.317 e. The maximum absolute atomic E-state index is 14.6. The number of nitrogens with zero attached hydrogens (tertiary/aromatic N) is 1. The first-order chi connectivity index (χ1) is 18.7. The summed E-state index contributed by atoms with van der Waals surface area (Å²) in [6, 6.07) is 15.5. The second kappa shape index (κ2) is 10.2. The Balaban J connectivity index is 1.80. The molecule has 1 aliphatic carbocycles. The monoisotopic (exact) mass is 554 g/mol. The summed E-state index contributed by atoms with van der Waals surface area (Å²) in [7, 11) is 3.03. The van der Waals surface area contributed by atoms with Gasteiger partial charge in [-0.2, -0.15) is 0 Å². The molecule has 0 saturated heterocycles. The largest absolute Gasteiger partial charge is 0.496 e. The number of carbonyl (C=O) groups is 1. The van der Waals surface area contributed by atoms with Gasteiger partial charge in [-0.05, 0) is 55.7 Å². The van der Waals surface area contributed by atoms with Gasteiger partial charge in [-0.3, -0.25) is 0 Å². The second-order valence-corrected chi connectivity index (χ2v) is 10.3. The van der Waals surface area contributed by atoms with E-state index in [4.69, 9.17) is 25.8 Å². The number of ether oxygens (including phenoxy) is 3. The molecule has 0 spiro atoms. The van der Waals surface area contributed by atoms with Crippen LogP contribution in [-0.4, -0.2) is 49.4 Å². The summed E-state index contributed by atoms with van der Waals surface area (Å²) in [4.78, 5) is 15.0. The number of hydrogen-bond acceptors (Lipinski definition) is 5. The molecule has 3 aromatic carbocycles. The van der Waals surface area contributed by atoms with Crippen LogP contribution in [0.4, 0.5) is 9.18 Å². The minimum Gasteiger partial charge on any atom is -0.496 e. The summed E-state index contributed by atoms with van der Waals surface area (Å²) in [5.41, 5.74) is -1.63. The van der Waals surface area contributed by atoms with E-state index in [1.807, 2.05) is 19.9 Å². The number of hydrogen-bond donors (Lipinski definition) is 2. The van der Waals surface area contributed by atoms with Gasteiger partial charge < -0.3 is 29.5 Å². The fraction of sp³-hybridized carbons (Fsp3) is 0.367. The maximum Gasteiger partial charge on any atom is 0.317 e. The van der Waals surface area contributed by atoms with Crippen LogP contribution < -0.4 is 19.5 Å². The van der Waals surface area contributed by atoms with E-state index >= 15 is 0 Å². The van der Waals surface area contributed by atoms with Gasteiger partial charge in [0.2, 0.25) is 0 Å². The number of aliphatic hydroxyl groups is 1. The van der Waals surface area contributed by atoms with Crippen molar-refractivity contribution in [3.05, 3.63) is 88.2 Å². The van der Waals surface area contributed by atoms with Gasteiger partial charge in [-0.1, -0.05) is 35.9 Å². The van der Waals surface area contributed by atoms with E-state index in [9.17, 15) is 14.3 Å². The van der Waals surface area contributed by atoms with Crippen LogP contribution in [0.2, 0.25) is 5.02 Å². The van der Waals surface area contributed by atoms with Crippen molar-refractivity contribution in [2.45, 2.75) is 43.4 Å². The van der Waals surface area contributed by atoms with Gasteiger partial charge in [0, 0.05) is 36.2 Å². The van der Waals surface area contributed by atoms with Gasteiger partial charge in [0.05, 0.1) is 25.8 Å². The van der Waals surface area contributed by atoms with Crippen LogP contribution in [-0.2, 0) is 11.2 Å². The Morgan fingerprint density at radius 1 is 1.13 bits per heavy atom. The first-order valence-corrected chi connectivity index (χ1v) is 13.4. The number of carbonyl (C=O) groups excluding carboxylic acids is 1. The number of nitrogens with one attached hydrogen (secondary N) is 1. The highest BCUT2D eigenvalue weighted by Gasteiger charge is 2.74. The Morgan fingerprint density at radius 3 is 2.46 bits per heavy atom. The summed E-state index contributed by atoms with van der Waals surface area (Å²) < 4.78 is 32.7. The molecule has 1 saturated carbocycles. The van der Waals surface area contributed by atoms with Gasteiger partial charge in [-0.15, -0.1) is 0 Å². The van der Waals surface area contributed by atoms with Crippen molar-refractivity contribution in [1.29, 1.82) is 0 Å². The lowest BCUT2D eigenvalue weighted by atomic mass is 9.71. The quantitative estimate of drug-likeness (QED) is 0.398. The lowest BCUT2D eigenvalue weighted by Gasteiger charge is -2.42. The lowest BCUT2D eigenvalue weighted by Crippen LogP contribution is -2.58. The Bertz CT molecular complexity index is 1380. The third kappa shape index (κ3) is 4.08. The predicted molar refractivity (Wildman–Crippen MR) is 146 cm³/mol. The van der Waals surface area contributed by atoms with E-state index < -0.39 is 29.0 Å². The van der Waals surface area contributed by atoms with Crippen molar-refractivity contribution in [3.63, 3.8) is 0 Å². The van der Waals surface area contributed by atoms with Crippen LogP contribution in [0.1, 0.15) is 42.9 Å². The highest BCUT2D eigenvalue weighted by Crippen LogP contribution is 2.68. The van der Waals surface area contributed by atoms with Crippen molar-refractivity contribution >= 4 is 17.6 Å². The van der Waals surface area contributed by atoms with E-state index in [-0.39, 0.29) is 12.5 Å². The van der Waals surface area contributed by atoms with Crippen molar-refractivity contribution in [2.24, 2.45) is 0 Å². The third-order valence-corrected chi connectivity index (χ3v) is 8.30. The highest BCUT2D eigenvalue weighted by molar-refractivity contribution is 6.30. The molecular weight excluding hydrogens is 523 g/mol. The summed E-state index contributed by atoms with van der Waals surface area (Å²) in [5.74, 6) is 0.208. The normalized spacial score (nSPS) is 24.9. The zero-order valence-electron chi connectivity index (χ0n) is 22.3. The number of urea groups is 1. The number of amides is 2. The van der Waals surface area contributed by atoms with Crippen LogP contribution >= 0.6 is 11.6 Å². The third-order valence-electron chi connectivity index (χ3n) is 8.05. The zero-order valence-corrected chi connectivity index (χ0v) is 23.1. The van der Waals surface area contributed by atoms with E-state index in [2.05, 4.69) is 5.32 Å². The molecular formula is C30H32ClFN2O5. The molecule has 0 unspecified atom stereocenters. The molecule has 9 heteroatoms. The molecule has 0 radical (unpaired) electrons. The second-order valence-electron chi connectivity index (χ2n) is 9.83. The molecule has 1 fully saturated rings. The number of fused-ring (bicyclic) bond motifs is 3. The Labute approximate surface area is 232 Å². The molecule has 5 rings (SSSR count). The maximum atomic E-state index is 14.6. The van der Waals surface area contributed by atoms with Crippen molar-refractivity contribution in [1.82, 2.24) is 10.2 Å². The molecule has 7 nitrogen and oxygen atoms in total. The molecule has 3 aromatic rings. The Hall–Kier alpha value is -3.49. The van der Waals surface area contributed by atoms with Crippen molar-refractivity contribution < 1.29 is 28.5 Å². The average molecular weight is 555 g/mol. The standard InChI is InChI=1S/C30H32ClFN2O5/c1-5-34(6-2)28(35)33-26-17-23(18-8-7-9-21(32)14-18)30(19-10-12-20(31)13-11-19)29(26,36)27-24(38-4)15-22(37-3)16-25(27)39-30/h7-16,23,26,36H,5-6,17H2,1-4H3,(H,33,35)/t23-,26-,29+,30-/m0/s1. The minimum atomic E-state index is -1.81. The van der Waals surface area contributed by atoms with Crippen LogP contribution in [0.5, 0.6) is 17.2 Å². The van der Waals surface area contributed by atoms with Crippen molar-refractivity contribution in [2.75, 3.05) is 27.3 Å². The van der Waals surface area contributed by atoms with Crippen LogP contribution in [0.3, 0.4) is 0 Å². The number of rotatable bonds is 7. The predicted octanol–water partition coefficient (Wildman–Crippen LogP) is 5.58. The first-order valence-electron chi connectivity index (χ1n) is 13.0.